The van der Waals surface area contributed by atoms with Gasteiger partial charge >= 0.3 is 0 Å². The van der Waals surface area contributed by atoms with Crippen molar-refractivity contribution >= 4 is 28.2 Å². The van der Waals surface area contributed by atoms with Gasteiger partial charge in [-0.25, -0.2) is 4.98 Å². The number of nitrogens with zero attached hydrogens (tertiary/aromatic N) is 2. The maximum absolute atomic E-state index is 12.4. The number of aromatic nitrogens is 2. The lowest BCUT2D eigenvalue weighted by molar-refractivity contribution is 0.0998. The van der Waals surface area contributed by atoms with Crippen LogP contribution in [0.5, 0.6) is 0 Å². The number of imidazole rings is 1. The first-order chi connectivity index (χ1) is 13.3. The Labute approximate surface area is 154 Å². The van der Waals surface area contributed by atoms with Gasteiger partial charge in [-0.2, -0.15) is 0 Å². The van der Waals surface area contributed by atoms with Gasteiger partial charge in [-0.15, -0.1) is 0 Å². The third-order valence-corrected chi connectivity index (χ3v) is 4.45. The van der Waals surface area contributed by atoms with Crippen LogP contribution >= 0.6 is 0 Å². The van der Waals surface area contributed by atoms with Crippen molar-refractivity contribution in [3.8, 4) is 11.3 Å². The van der Waals surface area contributed by atoms with E-state index >= 15 is 0 Å². The zero-order valence-electron chi connectivity index (χ0n) is 14.3. The fourth-order valence-corrected chi connectivity index (χ4v) is 3.08. The summed E-state index contributed by atoms with van der Waals surface area (Å²) >= 11 is 0. The van der Waals surface area contributed by atoms with Crippen LogP contribution in [0.15, 0.2) is 89.6 Å². The molecule has 0 atom stereocenters. The molecule has 27 heavy (non-hydrogen) atoms. The second kappa shape index (κ2) is 6.14. The highest BCUT2D eigenvalue weighted by Gasteiger charge is 2.12. The Bertz CT molecular complexity index is 1200. The van der Waals surface area contributed by atoms with Crippen LogP contribution < -0.4 is 5.32 Å². The highest BCUT2D eigenvalue weighted by atomic mass is 16.3. The maximum atomic E-state index is 12.4. The third-order valence-electron chi connectivity index (χ3n) is 4.45. The minimum atomic E-state index is -0.272. The van der Waals surface area contributed by atoms with Crippen LogP contribution in [0.25, 0.3) is 27.9 Å². The summed E-state index contributed by atoms with van der Waals surface area (Å²) in [5, 5.41) is 3.77. The van der Waals surface area contributed by atoms with Crippen LogP contribution in [0.1, 0.15) is 10.6 Å². The number of furan rings is 1. The second-order valence-electron chi connectivity index (χ2n) is 6.27. The van der Waals surface area contributed by atoms with Gasteiger partial charge in [-0.1, -0.05) is 36.4 Å². The second-order valence-corrected chi connectivity index (χ2v) is 6.27. The van der Waals surface area contributed by atoms with E-state index in [4.69, 9.17) is 4.42 Å². The lowest BCUT2D eigenvalue weighted by Gasteiger charge is -2.04. The van der Waals surface area contributed by atoms with Crippen molar-refractivity contribution in [1.82, 2.24) is 9.38 Å². The predicted molar refractivity (Wildman–Crippen MR) is 105 cm³/mol. The Balaban J connectivity index is 1.37. The number of carbonyl (C=O) groups is 1. The molecule has 0 aliphatic heterocycles. The van der Waals surface area contributed by atoms with Gasteiger partial charge in [0, 0.05) is 29.0 Å². The van der Waals surface area contributed by atoms with E-state index in [1.807, 2.05) is 83.5 Å². The fourth-order valence-electron chi connectivity index (χ4n) is 3.08. The number of benzene rings is 2. The summed E-state index contributed by atoms with van der Waals surface area (Å²) in [7, 11) is 0. The zero-order chi connectivity index (χ0) is 18.2. The normalized spacial score (nSPS) is 11.1. The minimum Gasteiger partial charge on any atom is -0.451 e. The molecule has 0 aliphatic carbocycles. The number of rotatable bonds is 3. The Morgan fingerprint density at radius 3 is 2.59 bits per heavy atom. The molecular weight excluding hydrogens is 338 g/mol. The van der Waals surface area contributed by atoms with Crippen molar-refractivity contribution < 1.29 is 9.21 Å². The van der Waals surface area contributed by atoms with Gasteiger partial charge in [0.25, 0.3) is 5.91 Å². The third kappa shape index (κ3) is 2.85. The minimum absolute atomic E-state index is 0.272. The van der Waals surface area contributed by atoms with Crippen molar-refractivity contribution in [2.24, 2.45) is 0 Å². The summed E-state index contributed by atoms with van der Waals surface area (Å²) in [5.74, 6) is 0.0207. The molecule has 0 spiro atoms. The van der Waals surface area contributed by atoms with E-state index in [1.165, 1.54) is 0 Å². The summed E-state index contributed by atoms with van der Waals surface area (Å²) in [6, 6.07) is 22.8. The standard InChI is InChI=1S/C22H15N3O2/c26-22(20-13-16-5-1-2-6-19(16)27-20)23-17-10-8-15(9-11-17)18-14-25-12-4-3-7-21(25)24-18/h1-14H,(H,23,26). The van der Waals surface area contributed by atoms with Gasteiger partial charge < -0.3 is 14.1 Å². The maximum Gasteiger partial charge on any atom is 0.291 e. The number of nitrogens with one attached hydrogen (secondary N) is 1. The molecule has 0 unspecified atom stereocenters. The number of pyridine rings is 1. The van der Waals surface area contributed by atoms with E-state index in [9.17, 15) is 4.79 Å². The van der Waals surface area contributed by atoms with Crippen molar-refractivity contribution in [3.63, 3.8) is 0 Å². The Hall–Kier alpha value is -3.86. The van der Waals surface area contributed by atoms with Gasteiger partial charge in [-0.05, 0) is 36.4 Å². The fraction of sp³-hybridized carbons (Fsp3) is 0. The molecule has 130 valence electrons. The molecule has 0 aliphatic rings. The molecule has 5 rings (SSSR count). The van der Waals surface area contributed by atoms with Gasteiger partial charge in [-0.3, -0.25) is 4.79 Å². The molecule has 5 heteroatoms. The molecule has 1 amide bonds. The van der Waals surface area contributed by atoms with Crippen molar-refractivity contribution in [3.05, 3.63) is 91.0 Å². The first-order valence-corrected chi connectivity index (χ1v) is 8.60. The summed E-state index contributed by atoms with van der Waals surface area (Å²) in [6.45, 7) is 0. The van der Waals surface area contributed by atoms with Crippen molar-refractivity contribution in [2.75, 3.05) is 5.32 Å². The quantitative estimate of drug-likeness (QED) is 0.496. The number of anilines is 1. The summed E-state index contributed by atoms with van der Waals surface area (Å²) in [4.78, 5) is 17.0. The van der Waals surface area contributed by atoms with Crippen LogP contribution in [-0.2, 0) is 0 Å². The van der Waals surface area contributed by atoms with Gasteiger partial charge in [0.05, 0.1) is 5.69 Å². The first kappa shape index (κ1) is 15.4. The van der Waals surface area contributed by atoms with E-state index < -0.39 is 0 Å². The smallest absolute Gasteiger partial charge is 0.291 e. The Morgan fingerprint density at radius 2 is 1.78 bits per heavy atom. The van der Waals surface area contributed by atoms with Gasteiger partial charge in [0.15, 0.2) is 5.76 Å². The topological polar surface area (TPSA) is 59.5 Å². The summed E-state index contributed by atoms with van der Waals surface area (Å²) in [6.07, 6.45) is 3.95. The van der Waals surface area contributed by atoms with Crippen LogP contribution in [0.3, 0.4) is 0 Å². The Kier molecular flexibility index (Phi) is 3.50. The van der Waals surface area contributed by atoms with E-state index in [2.05, 4.69) is 10.3 Å². The molecule has 3 aromatic heterocycles. The predicted octanol–water partition coefficient (Wildman–Crippen LogP) is 5.00. The highest BCUT2D eigenvalue weighted by Crippen LogP contribution is 2.23. The number of para-hydroxylation sites is 1. The molecule has 3 heterocycles. The summed E-state index contributed by atoms with van der Waals surface area (Å²) < 4.78 is 7.58. The SMILES string of the molecule is O=C(Nc1ccc(-c2cn3ccccc3n2)cc1)c1cc2ccccc2o1. The lowest BCUT2D eigenvalue weighted by atomic mass is 10.1. The molecule has 5 aromatic rings. The molecule has 0 bridgehead atoms. The monoisotopic (exact) mass is 353 g/mol. The van der Waals surface area contributed by atoms with E-state index in [0.717, 1.165) is 22.3 Å². The van der Waals surface area contributed by atoms with Crippen molar-refractivity contribution in [2.45, 2.75) is 0 Å². The molecule has 2 aromatic carbocycles. The average molecular weight is 353 g/mol. The van der Waals surface area contributed by atoms with Crippen LogP contribution in [-0.4, -0.2) is 15.3 Å². The highest BCUT2D eigenvalue weighted by molar-refractivity contribution is 6.04. The number of amides is 1. The average Bonchev–Trinajstić information content (AvgIpc) is 3.32. The van der Waals surface area contributed by atoms with Crippen LogP contribution in [0.4, 0.5) is 5.69 Å². The van der Waals surface area contributed by atoms with E-state index in [-0.39, 0.29) is 5.91 Å². The number of fused-ring (bicyclic) bond motifs is 2. The molecule has 1 N–H and O–H groups in total. The number of hydrogen-bond acceptors (Lipinski definition) is 3. The molecule has 0 saturated carbocycles. The Morgan fingerprint density at radius 1 is 0.963 bits per heavy atom. The summed E-state index contributed by atoms with van der Waals surface area (Å²) in [5.41, 5.74) is 4.17. The first-order valence-electron chi connectivity index (χ1n) is 8.60. The van der Waals surface area contributed by atoms with Crippen LogP contribution in [0.2, 0.25) is 0 Å². The number of hydrogen-bond donors (Lipinski definition) is 1. The molecule has 0 saturated heterocycles. The molecule has 0 radical (unpaired) electrons. The molecular formula is C22H15N3O2. The van der Waals surface area contributed by atoms with Crippen molar-refractivity contribution in [1.29, 1.82) is 0 Å². The number of carbonyl (C=O) groups excluding carboxylic acids is 1. The largest absolute Gasteiger partial charge is 0.451 e. The lowest BCUT2D eigenvalue weighted by Crippen LogP contribution is -2.10. The zero-order valence-corrected chi connectivity index (χ0v) is 14.3. The van der Waals surface area contributed by atoms with E-state index in [1.54, 1.807) is 6.07 Å². The molecule has 0 fully saturated rings. The van der Waals surface area contributed by atoms with Crippen LogP contribution in [0, 0.1) is 0 Å². The van der Waals surface area contributed by atoms with E-state index in [0.29, 0.717) is 17.0 Å². The molecule has 5 nitrogen and oxygen atoms in total. The van der Waals surface area contributed by atoms with Gasteiger partial charge in [0.1, 0.15) is 11.2 Å². The van der Waals surface area contributed by atoms with Gasteiger partial charge in [0.2, 0.25) is 0 Å².